The number of phenolic OH excluding ortho intramolecular Hbond substituents is 1. The lowest BCUT2D eigenvalue weighted by Gasteiger charge is -2.26. The predicted molar refractivity (Wildman–Crippen MR) is 76.9 cm³/mol. The van der Waals surface area contributed by atoms with Crippen molar-refractivity contribution in [3.63, 3.8) is 0 Å². The number of nitrogens with one attached hydrogen (secondary N) is 1. The fraction of sp³-hybridized carbons (Fsp3) is 0.533. The van der Waals surface area contributed by atoms with Crippen LogP contribution in [0.4, 0.5) is 0 Å². The van der Waals surface area contributed by atoms with E-state index in [0.717, 1.165) is 25.7 Å². The fourth-order valence-corrected chi connectivity index (χ4v) is 2.55. The number of carbonyl (C=O) groups is 1. The first kappa shape index (κ1) is 14.7. The molecule has 2 rings (SSSR count). The Kier molecular flexibility index (Phi) is 4.84. The second-order valence-electron chi connectivity index (χ2n) is 5.37. The van der Waals surface area contributed by atoms with E-state index in [9.17, 15) is 9.90 Å². The number of hydrogen-bond acceptors (Lipinski definition) is 4. The standard InChI is InChI=1S/C15H22N2O3/c1-20-12-6-7-14(18)13(8-12)15(19)17-9-10-2-4-11(16)5-3-10/h6-8,10-11,18H,2-5,9,16H2,1H3,(H,17,19). The van der Waals surface area contributed by atoms with Crippen LogP contribution < -0.4 is 15.8 Å². The lowest BCUT2D eigenvalue weighted by Crippen LogP contribution is -2.34. The van der Waals surface area contributed by atoms with Gasteiger partial charge in [-0.2, -0.15) is 0 Å². The van der Waals surface area contributed by atoms with Crippen LogP contribution in [0.1, 0.15) is 36.0 Å². The molecule has 0 aromatic heterocycles. The van der Waals surface area contributed by atoms with Gasteiger partial charge in [-0.1, -0.05) is 0 Å². The number of benzene rings is 1. The van der Waals surface area contributed by atoms with E-state index in [2.05, 4.69) is 5.32 Å². The summed E-state index contributed by atoms with van der Waals surface area (Å²) < 4.78 is 5.06. The van der Waals surface area contributed by atoms with Crippen molar-refractivity contribution in [1.29, 1.82) is 0 Å². The normalized spacial score (nSPS) is 22.3. The lowest BCUT2D eigenvalue weighted by molar-refractivity contribution is 0.0940. The minimum atomic E-state index is -0.267. The Bertz CT molecular complexity index is 468. The maximum absolute atomic E-state index is 12.1. The molecule has 20 heavy (non-hydrogen) atoms. The highest BCUT2D eigenvalue weighted by Crippen LogP contribution is 2.24. The van der Waals surface area contributed by atoms with Gasteiger partial charge >= 0.3 is 0 Å². The van der Waals surface area contributed by atoms with Gasteiger partial charge in [0.1, 0.15) is 11.5 Å². The number of amides is 1. The predicted octanol–water partition coefficient (Wildman–Crippen LogP) is 1.65. The van der Waals surface area contributed by atoms with Crippen molar-refractivity contribution in [2.75, 3.05) is 13.7 Å². The van der Waals surface area contributed by atoms with Gasteiger partial charge in [-0.25, -0.2) is 0 Å². The number of rotatable bonds is 4. The molecule has 0 bridgehead atoms. The van der Waals surface area contributed by atoms with Gasteiger partial charge in [0, 0.05) is 12.6 Å². The molecule has 5 nitrogen and oxygen atoms in total. The third-order valence-electron chi connectivity index (χ3n) is 3.89. The van der Waals surface area contributed by atoms with Crippen LogP contribution in [0.3, 0.4) is 0 Å². The molecule has 0 unspecified atom stereocenters. The first-order valence-electron chi connectivity index (χ1n) is 7.01. The largest absolute Gasteiger partial charge is 0.507 e. The molecule has 4 N–H and O–H groups in total. The Balaban J connectivity index is 1.91. The molecular weight excluding hydrogens is 256 g/mol. The first-order chi connectivity index (χ1) is 9.60. The molecule has 5 heteroatoms. The smallest absolute Gasteiger partial charge is 0.255 e. The molecule has 0 spiro atoms. The SMILES string of the molecule is COc1ccc(O)c(C(=O)NCC2CCC(N)CC2)c1. The maximum Gasteiger partial charge on any atom is 0.255 e. The highest BCUT2D eigenvalue weighted by molar-refractivity contribution is 5.97. The van der Waals surface area contributed by atoms with Crippen LogP contribution in [0.15, 0.2) is 18.2 Å². The summed E-state index contributed by atoms with van der Waals surface area (Å²) >= 11 is 0. The third-order valence-corrected chi connectivity index (χ3v) is 3.89. The summed E-state index contributed by atoms with van der Waals surface area (Å²) in [7, 11) is 1.53. The summed E-state index contributed by atoms with van der Waals surface area (Å²) in [6.07, 6.45) is 4.13. The second kappa shape index (κ2) is 6.61. The molecule has 0 heterocycles. The van der Waals surface area contributed by atoms with Crippen molar-refractivity contribution in [2.24, 2.45) is 11.7 Å². The average molecular weight is 278 g/mol. The molecule has 1 aromatic rings. The first-order valence-corrected chi connectivity index (χ1v) is 7.01. The van der Waals surface area contributed by atoms with Gasteiger partial charge in [0.15, 0.2) is 0 Å². The Morgan fingerprint density at radius 2 is 2.10 bits per heavy atom. The van der Waals surface area contributed by atoms with Crippen molar-refractivity contribution in [3.05, 3.63) is 23.8 Å². The van der Waals surface area contributed by atoms with E-state index < -0.39 is 0 Å². The van der Waals surface area contributed by atoms with Crippen LogP contribution in [0.2, 0.25) is 0 Å². The molecule has 1 aromatic carbocycles. The maximum atomic E-state index is 12.1. The number of hydrogen-bond donors (Lipinski definition) is 3. The monoisotopic (exact) mass is 278 g/mol. The zero-order valence-electron chi connectivity index (χ0n) is 11.8. The van der Waals surface area contributed by atoms with E-state index in [4.69, 9.17) is 10.5 Å². The summed E-state index contributed by atoms with van der Waals surface area (Å²) in [4.78, 5) is 12.1. The van der Waals surface area contributed by atoms with Crippen molar-refractivity contribution in [3.8, 4) is 11.5 Å². The molecule has 0 aliphatic heterocycles. The molecule has 0 saturated heterocycles. The van der Waals surface area contributed by atoms with Gasteiger partial charge in [-0.3, -0.25) is 4.79 Å². The zero-order chi connectivity index (χ0) is 14.5. The molecule has 1 aliphatic rings. The van der Waals surface area contributed by atoms with E-state index >= 15 is 0 Å². The van der Waals surface area contributed by atoms with Crippen LogP contribution in [0, 0.1) is 5.92 Å². The highest BCUT2D eigenvalue weighted by Gasteiger charge is 2.20. The molecular formula is C15H22N2O3. The van der Waals surface area contributed by atoms with E-state index in [-0.39, 0.29) is 17.2 Å². The molecule has 110 valence electrons. The fourth-order valence-electron chi connectivity index (χ4n) is 2.55. The quantitative estimate of drug-likeness (QED) is 0.782. The summed E-state index contributed by atoms with van der Waals surface area (Å²) in [5, 5.41) is 12.6. The number of phenols is 1. The van der Waals surface area contributed by atoms with Gasteiger partial charge in [-0.05, 0) is 49.8 Å². The Morgan fingerprint density at radius 3 is 2.75 bits per heavy atom. The minimum Gasteiger partial charge on any atom is -0.507 e. The molecule has 1 saturated carbocycles. The van der Waals surface area contributed by atoms with E-state index in [1.165, 1.54) is 13.2 Å². The number of aromatic hydroxyl groups is 1. The van der Waals surface area contributed by atoms with Crippen LogP contribution >= 0.6 is 0 Å². The zero-order valence-corrected chi connectivity index (χ0v) is 11.8. The molecule has 1 amide bonds. The summed E-state index contributed by atoms with van der Waals surface area (Å²) in [6.45, 7) is 0.627. The summed E-state index contributed by atoms with van der Waals surface area (Å²) in [5.74, 6) is 0.730. The molecule has 1 aliphatic carbocycles. The van der Waals surface area contributed by atoms with Crippen molar-refractivity contribution >= 4 is 5.91 Å². The van der Waals surface area contributed by atoms with E-state index in [1.807, 2.05) is 0 Å². The average Bonchev–Trinajstić information content (AvgIpc) is 2.47. The molecule has 0 atom stereocenters. The van der Waals surface area contributed by atoms with Gasteiger partial charge in [0.05, 0.1) is 12.7 Å². The Labute approximate surface area is 119 Å². The van der Waals surface area contributed by atoms with Crippen molar-refractivity contribution in [1.82, 2.24) is 5.32 Å². The Hall–Kier alpha value is -1.75. The number of carbonyl (C=O) groups excluding carboxylic acids is 1. The number of nitrogens with two attached hydrogens (primary N) is 1. The van der Waals surface area contributed by atoms with Crippen LogP contribution in [0.5, 0.6) is 11.5 Å². The summed E-state index contributed by atoms with van der Waals surface area (Å²) in [6, 6.07) is 4.94. The summed E-state index contributed by atoms with van der Waals surface area (Å²) in [5.41, 5.74) is 6.11. The van der Waals surface area contributed by atoms with Crippen LogP contribution in [-0.4, -0.2) is 30.7 Å². The van der Waals surface area contributed by atoms with Gasteiger partial charge in [-0.15, -0.1) is 0 Å². The highest BCUT2D eigenvalue weighted by atomic mass is 16.5. The second-order valence-corrected chi connectivity index (χ2v) is 5.37. The lowest BCUT2D eigenvalue weighted by atomic mass is 9.86. The van der Waals surface area contributed by atoms with Crippen molar-refractivity contribution in [2.45, 2.75) is 31.7 Å². The van der Waals surface area contributed by atoms with Gasteiger partial charge in [0.25, 0.3) is 5.91 Å². The third kappa shape index (κ3) is 3.63. The number of ether oxygens (including phenoxy) is 1. The van der Waals surface area contributed by atoms with Crippen molar-refractivity contribution < 1.29 is 14.6 Å². The minimum absolute atomic E-state index is 0.0334. The Morgan fingerprint density at radius 1 is 1.40 bits per heavy atom. The molecule has 1 fully saturated rings. The molecule has 0 radical (unpaired) electrons. The van der Waals surface area contributed by atoms with Crippen LogP contribution in [0.25, 0.3) is 0 Å². The van der Waals surface area contributed by atoms with E-state index in [0.29, 0.717) is 24.3 Å². The van der Waals surface area contributed by atoms with Gasteiger partial charge in [0.2, 0.25) is 0 Å². The van der Waals surface area contributed by atoms with E-state index in [1.54, 1.807) is 12.1 Å². The number of methoxy groups -OCH3 is 1. The van der Waals surface area contributed by atoms with Crippen LogP contribution in [-0.2, 0) is 0 Å². The van der Waals surface area contributed by atoms with Gasteiger partial charge < -0.3 is 20.9 Å². The topological polar surface area (TPSA) is 84.6 Å².